The van der Waals surface area contributed by atoms with E-state index in [4.69, 9.17) is 5.11 Å². The van der Waals surface area contributed by atoms with E-state index in [1.807, 2.05) is 0 Å². The number of rotatable bonds is 3. The lowest BCUT2D eigenvalue weighted by molar-refractivity contribution is 0.0696. The van der Waals surface area contributed by atoms with Crippen LogP contribution in [0.2, 0.25) is 0 Å². The number of carbonyl (C=O) groups is 2. The third-order valence-corrected chi connectivity index (χ3v) is 2.89. The molecule has 92 valence electrons. The van der Waals surface area contributed by atoms with Gasteiger partial charge in [-0.15, -0.1) is 5.10 Å². The molecule has 0 saturated carbocycles. The van der Waals surface area contributed by atoms with E-state index < -0.39 is 5.97 Å². The fourth-order valence-electron chi connectivity index (χ4n) is 1.37. The number of aromatic carboxylic acids is 1. The van der Waals surface area contributed by atoms with E-state index in [1.54, 1.807) is 24.6 Å². The molecule has 7 heteroatoms. The highest BCUT2D eigenvalue weighted by atomic mass is 32.1. The number of carbonyl (C=O) groups excluding carboxylic acids is 1. The van der Waals surface area contributed by atoms with Crippen molar-refractivity contribution < 1.29 is 14.7 Å². The standard InChI is InChI=1S/C11H9N3O3S/c1-14(10(15)9-6-18-13-12-9)8-4-2-7(3-5-8)11(16)17/h2-6H,1H3,(H,16,17). The van der Waals surface area contributed by atoms with Crippen molar-refractivity contribution in [3.63, 3.8) is 0 Å². The maximum atomic E-state index is 11.9. The largest absolute Gasteiger partial charge is 0.478 e. The second-order valence-electron chi connectivity index (χ2n) is 3.51. The number of anilines is 1. The van der Waals surface area contributed by atoms with Crippen molar-refractivity contribution >= 4 is 29.1 Å². The molecule has 2 aromatic rings. The lowest BCUT2D eigenvalue weighted by Gasteiger charge is -2.15. The Hall–Kier alpha value is -2.28. The molecule has 1 aromatic carbocycles. The molecule has 1 heterocycles. The topological polar surface area (TPSA) is 83.4 Å². The van der Waals surface area contributed by atoms with Gasteiger partial charge in [-0.25, -0.2) is 4.79 Å². The Kier molecular flexibility index (Phi) is 3.33. The van der Waals surface area contributed by atoms with Gasteiger partial charge in [0.05, 0.1) is 5.56 Å². The van der Waals surface area contributed by atoms with E-state index in [9.17, 15) is 9.59 Å². The monoisotopic (exact) mass is 263 g/mol. The number of aromatic nitrogens is 2. The summed E-state index contributed by atoms with van der Waals surface area (Å²) in [5.41, 5.74) is 1.04. The van der Waals surface area contributed by atoms with Crippen molar-refractivity contribution in [3.05, 3.63) is 40.9 Å². The molecule has 18 heavy (non-hydrogen) atoms. The van der Waals surface area contributed by atoms with Crippen LogP contribution in [0, 0.1) is 0 Å². The highest BCUT2D eigenvalue weighted by molar-refractivity contribution is 7.03. The molecule has 1 aromatic heterocycles. The Balaban J connectivity index is 2.21. The van der Waals surface area contributed by atoms with Crippen LogP contribution in [-0.4, -0.2) is 33.6 Å². The molecule has 0 aliphatic rings. The molecule has 0 spiro atoms. The summed E-state index contributed by atoms with van der Waals surface area (Å²) >= 11 is 1.10. The van der Waals surface area contributed by atoms with Gasteiger partial charge in [0.25, 0.3) is 5.91 Å². The van der Waals surface area contributed by atoms with Crippen LogP contribution in [0.4, 0.5) is 5.69 Å². The molecule has 0 aliphatic heterocycles. The summed E-state index contributed by atoms with van der Waals surface area (Å²) in [5.74, 6) is -1.29. The highest BCUT2D eigenvalue weighted by Gasteiger charge is 2.16. The van der Waals surface area contributed by atoms with Crippen LogP contribution in [0.3, 0.4) is 0 Å². The van der Waals surface area contributed by atoms with Gasteiger partial charge in [-0.1, -0.05) is 4.49 Å². The van der Waals surface area contributed by atoms with Gasteiger partial charge in [0.1, 0.15) is 0 Å². The Bertz CT molecular complexity index is 566. The summed E-state index contributed by atoms with van der Waals surface area (Å²) in [5, 5.41) is 14.0. The number of hydrogen-bond donors (Lipinski definition) is 1. The van der Waals surface area contributed by atoms with Gasteiger partial charge in [-0.05, 0) is 35.8 Å². The van der Waals surface area contributed by atoms with Crippen molar-refractivity contribution in [1.29, 1.82) is 0 Å². The fourth-order valence-corrected chi connectivity index (χ4v) is 1.80. The number of carboxylic acid groups (broad SMARTS) is 1. The second kappa shape index (κ2) is 4.92. The van der Waals surface area contributed by atoms with Crippen LogP contribution >= 0.6 is 11.5 Å². The Labute approximate surface area is 107 Å². The van der Waals surface area contributed by atoms with Crippen LogP contribution in [0.15, 0.2) is 29.6 Å². The summed E-state index contributed by atoms with van der Waals surface area (Å²) in [7, 11) is 1.59. The molecule has 0 aliphatic carbocycles. The Morgan fingerprint density at radius 1 is 1.28 bits per heavy atom. The first kappa shape index (κ1) is 12.2. The van der Waals surface area contributed by atoms with E-state index in [-0.39, 0.29) is 17.2 Å². The minimum atomic E-state index is -1.00. The number of nitrogens with zero attached hydrogens (tertiary/aromatic N) is 3. The maximum Gasteiger partial charge on any atom is 0.335 e. The molecular formula is C11H9N3O3S. The molecule has 0 fully saturated rings. The lowest BCUT2D eigenvalue weighted by atomic mass is 10.2. The highest BCUT2D eigenvalue weighted by Crippen LogP contribution is 2.16. The molecule has 0 radical (unpaired) electrons. The number of benzene rings is 1. The molecule has 1 amide bonds. The first-order valence-electron chi connectivity index (χ1n) is 4.98. The van der Waals surface area contributed by atoms with Crippen LogP contribution in [0.5, 0.6) is 0 Å². The van der Waals surface area contributed by atoms with Gasteiger partial charge < -0.3 is 10.0 Å². The van der Waals surface area contributed by atoms with Gasteiger partial charge >= 0.3 is 5.97 Å². The SMILES string of the molecule is CN(C(=O)c1csnn1)c1ccc(C(=O)O)cc1. The van der Waals surface area contributed by atoms with Gasteiger partial charge in [0.2, 0.25) is 0 Å². The number of hydrogen-bond acceptors (Lipinski definition) is 5. The van der Waals surface area contributed by atoms with Crippen LogP contribution in [0.25, 0.3) is 0 Å². The van der Waals surface area contributed by atoms with Crippen molar-refractivity contribution in [3.8, 4) is 0 Å². The van der Waals surface area contributed by atoms with E-state index in [2.05, 4.69) is 9.59 Å². The van der Waals surface area contributed by atoms with Gasteiger partial charge in [-0.3, -0.25) is 4.79 Å². The normalized spacial score (nSPS) is 10.1. The quantitative estimate of drug-likeness (QED) is 0.907. The molecular weight excluding hydrogens is 254 g/mol. The Morgan fingerprint density at radius 2 is 1.94 bits per heavy atom. The van der Waals surface area contributed by atoms with Gasteiger partial charge in [0.15, 0.2) is 5.69 Å². The zero-order valence-corrected chi connectivity index (χ0v) is 10.2. The predicted octanol–water partition coefficient (Wildman–Crippen LogP) is 1.51. The van der Waals surface area contributed by atoms with E-state index in [0.717, 1.165) is 11.5 Å². The first-order valence-corrected chi connectivity index (χ1v) is 5.81. The van der Waals surface area contributed by atoms with Crippen LogP contribution < -0.4 is 4.90 Å². The lowest BCUT2D eigenvalue weighted by Crippen LogP contribution is -2.26. The van der Waals surface area contributed by atoms with Crippen LogP contribution in [0.1, 0.15) is 20.8 Å². The third kappa shape index (κ3) is 2.35. The zero-order chi connectivity index (χ0) is 13.1. The summed E-state index contributed by atoms with van der Waals surface area (Å²) in [6.07, 6.45) is 0. The smallest absolute Gasteiger partial charge is 0.335 e. The number of amides is 1. The molecule has 0 bridgehead atoms. The molecule has 6 nitrogen and oxygen atoms in total. The second-order valence-corrected chi connectivity index (χ2v) is 4.12. The molecule has 0 atom stereocenters. The van der Waals surface area contributed by atoms with E-state index >= 15 is 0 Å². The number of carboxylic acids is 1. The predicted molar refractivity (Wildman–Crippen MR) is 66.0 cm³/mol. The van der Waals surface area contributed by atoms with Gasteiger partial charge in [-0.2, -0.15) is 0 Å². The van der Waals surface area contributed by atoms with Crippen molar-refractivity contribution in [2.24, 2.45) is 0 Å². The molecule has 1 N–H and O–H groups in total. The summed E-state index contributed by atoms with van der Waals surface area (Å²) < 4.78 is 3.62. The van der Waals surface area contributed by atoms with E-state index in [1.165, 1.54) is 17.0 Å². The maximum absolute atomic E-state index is 11.9. The average Bonchev–Trinajstić information content (AvgIpc) is 2.91. The van der Waals surface area contributed by atoms with E-state index in [0.29, 0.717) is 5.69 Å². The Morgan fingerprint density at radius 3 is 2.44 bits per heavy atom. The minimum Gasteiger partial charge on any atom is -0.478 e. The first-order chi connectivity index (χ1) is 8.59. The molecule has 0 unspecified atom stereocenters. The summed E-state index contributed by atoms with van der Waals surface area (Å²) in [6, 6.07) is 6.03. The van der Waals surface area contributed by atoms with Crippen molar-refractivity contribution in [2.45, 2.75) is 0 Å². The summed E-state index contributed by atoms with van der Waals surface area (Å²) in [4.78, 5) is 24.0. The minimum absolute atomic E-state index is 0.176. The average molecular weight is 263 g/mol. The van der Waals surface area contributed by atoms with Crippen molar-refractivity contribution in [1.82, 2.24) is 9.59 Å². The zero-order valence-electron chi connectivity index (χ0n) is 9.40. The van der Waals surface area contributed by atoms with Gasteiger partial charge in [0, 0.05) is 18.1 Å². The third-order valence-electron chi connectivity index (χ3n) is 2.39. The van der Waals surface area contributed by atoms with Crippen molar-refractivity contribution in [2.75, 3.05) is 11.9 Å². The molecule has 2 rings (SSSR count). The summed E-state index contributed by atoms with van der Waals surface area (Å²) in [6.45, 7) is 0. The fraction of sp³-hybridized carbons (Fsp3) is 0.0909. The molecule has 0 saturated heterocycles. The van der Waals surface area contributed by atoms with Crippen LogP contribution in [-0.2, 0) is 0 Å².